The Morgan fingerprint density at radius 1 is 0.926 bits per heavy atom. The molecule has 0 N–H and O–H groups in total. The average molecular weight is 394 g/mol. The van der Waals surface area contributed by atoms with Gasteiger partial charge in [0.05, 0.1) is 28.5 Å². The number of halogens is 4. The van der Waals surface area contributed by atoms with Crippen LogP contribution in [0.5, 0.6) is 23.5 Å². The normalized spacial score (nSPS) is 10.9. The molecule has 3 rings (SSSR count). The fraction of sp³-hybridized carbons (Fsp3) is 0.0625. The molecule has 3 aromatic rings. The second kappa shape index (κ2) is 7.43. The van der Waals surface area contributed by atoms with Crippen molar-refractivity contribution in [2.45, 2.75) is 6.18 Å². The summed E-state index contributed by atoms with van der Waals surface area (Å²) in [6.45, 7) is 0. The summed E-state index contributed by atoms with van der Waals surface area (Å²) >= 11 is 5.70. The third-order valence-electron chi connectivity index (χ3n) is 3.05. The Labute approximate surface area is 155 Å². The maximum absolute atomic E-state index is 12.6. The van der Waals surface area contributed by atoms with Crippen molar-refractivity contribution in [1.29, 1.82) is 5.26 Å². The summed E-state index contributed by atoms with van der Waals surface area (Å²) in [6, 6.07) is 5.80. The molecule has 0 saturated heterocycles. The van der Waals surface area contributed by atoms with Crippen LogP contribution in [0.15, 0.2) is 43.0 Å². The highest BCUT2D eigenvalue weighted by atomic mass is 35.5. The average Bonchev–Trinajstić information content (AvgIpc) is 2.64. The van der Waals surface area contributed by atoms with Gasteiger partial charge < -0.3 is 9.47 Å². The molecule has 0 aliphatic carbocycles. The van der Waals surface area contributed by atoms with Gasteiger partial charge in [-0.05, 0) is 12.1 Å². The standard InChI is InChI=1S/C16H7ClF3N5O2/c17-11-7-24-15(25-8-11)27-13-9(4-21)2-1-3-12(13)26-14-22-5-10(6-23-14)16(18,19)20/h1-3,5-8H. The predicted molar refractivity (Wildman–Crippen MR) is 85.4 cm³/mol. The van der Waals surface area contributed by atoms with Crippen molar-refractivity contribution in [3.8, 4) is 29.6 Å². The SMILES string of the molecule is N#Cc1cccc(Oc2ncc(C(F)(F)F)cn2)c1Oc1ncc(Cl)cn1. The smallest absolute Gasteiger partial charge is 0.419 e. The Bertz CT molecular complexity index is 989. The van der Waals surface area contributed by atoms with E-state index in [1.807, 2.05) is 6.07 Å². The number of para-hydroxylation sites is 1. The number of alkyl halides is 3. The monoisotopic (exact) mass is 393 g/mol. The molecule has 0 unspecified atom stereocenters. The van der Waals surface area contributed by atoms with Crippen molar-refractivity contribution in [1.82, 2.24) is 19.9 Å². The van der Waals surface area contributed by atoms with E-state index in [-0.39, 0.29) is 34.1 Å². The summed E-state index contributed by atoms with van der Waals surface area (Å²) in [7, 11) is 0. The summed E-state index contributed by atoms with van der Waals surface area (Å²) in [5.74, 6) is -0.0572. The third-order valence-corrected chi connectivity index (χ3v) is 3.24. The Morgan fingerprint density at radius 2 is 1.52 bits per heavy atom. The molecule has 11 heteroatoms. The fourth-order valence-electron chi connectivity index (χ4n) is 1.85. The first-order valence-electron chi connectivity index (χ1n) is 7.12. The van der Waals surface area contributed by atoms with Gasteiger partial charge in [0.2, 0.25) is 0 Å². The van der Waals surface area contributed by atoms with E-state index in [2.05, 4.69) is 19.9 Å². The lowest BCUT2D eigenvalue weighted by Crippen LogP contribution is -2.06. The minimum absolute atomic E-state index is 0.00708. The molecule has 136 valence electrons. The highest BCUT2D eigenvalue weighted by Gasteiger charge is 2.31. The second-order valence-corrected chi connectivity index (χ2v) is 5.32. The Morgan fingerprint density at radius 3 is 2.11 bits per heavy atom. The summed E-state index contributed by atoms with van der Waals surface area (Å²) in [4.78, 5) is 14.7. The summed E-state index contributed by atoms with van der Waals surface area (Å²) in [5.41, 5.74) is -0.940. The molecular weight excluding hydrogens is 387 g/mol. The lowest BCUT2D eigenvalue weighted by molar-refractivity contribution is -0.138. The van der Waals surface area contributed by atoms with Gasteiger partial charge in [-0.3, -0.25) is 0 Å². The zero-order valence-electron chi connectivity index (χ0n) is 13.1. The van der Waals surface area contributed by atoms with Gasteiger partial charge in [-0.2, -0.15) is 18.4 Å². The summed E-state index contributed by atoms with van der Waals surface area (Å²) in [6.07, 6.45) is -0.825. The number of aromatic nitrogens is 4. The van der Waals surface area contributed by atoms with Gasteiger partial charge in [-0.25, -0.2) is 19.9 Å². The molecule has 0 amide bonds. The molecule has 0 atom stereocenters. The van der Waals surface area contributed by atoms with Gasteiger partial charge in [0.25, 0.3) is 0 Å². The lowest BCUT2D eigenvalue weighted by atomic mass is 10.2. The van der Waals surface area contributed by atoms with E-state index >= 15 is 0 Å². The van der Waals surface area contributed by atoms with Crippen LogP contribution in [0, 0.1) is 11.3 Å². The first-order chi connectivity index (χ1) is 12.9. The second-order valence-electron chi connectivity index (χ2n) is 4.88. The molecule has 0 fully saturated rings. The van der Waals surface area contributed by atoms with Crippen molar-refractivity contribution in [2.75, 3.05) is 0 Å². The highest BCUT2D eigenvalue weighted by molar-refractivity contribution is 6.30. The van der Waals surface area contributed by atoms with E-state index in [1.165, 1.54) is 30.6 Å². The number of hydrogen-bond acceptors (Lipinski definition) is 7. The van der Waals surface area contributed by atoms with Crippen molar-refractivity contribution in [3.05, 3.63) is 59.1 Å². The molecule has 0 spiro atoms. The predicted octanol–water partition coefficient (Wildman–Crippen LogP) is 4.40. The Hall–Kier alpha value is -3.45. The number of nitrogens with zero attached hydrogens (tertiary/aromatic N) is 5. The highest BCUT2D eigenvalue weighted by Crippen LogP contribution is 2.36. The molecule has 0 radical (unpaired) electrons. The van der Waals surface area contributed by atoms with Crippen LogP contribution in [0.4, 0.5) is 13.2 Å². The number of ether oxygens (including phenoxy) is 2. The molecule has 0 bridgehead atoms. The summed E-state index contributed by atoms with van der Waals surface area (Å²) < 4.78 is 48.6. The molecule has 0 aliphatic rings. The summed E-state index contributed by atoms with van der Waals surface area (Å²) in [5, 5.41) is 9.54. The van der Waals surface area contributed by atoms with Crippen LogP contribution in [0.2, 0.25) is 5.02 Å². The van der Waals surface area contributed by atoms with Crippen LogP contribution in [-0.2, 0) is 6.18 Å². The van der Waals surface area contributed by atoms with Crippen LogP contribution in [-0.4, -0.2) is 19.9 Å². The van der Waals surface area contributed by atoms with E-state index in [4.69, 9.17) is 21.1 Å². The van der Waals surface area contributed by atoms with Gasteiger partial charge in [0.15, 0.2) is 11.5 Å². The molecular formula is C16H7ClF3N5O2. The van der Waals surface area contributed by atoms with Crippen LogP contribution < -0.4 is 9.47 Å². The van der Waals surface area contributed by atoms with Gasteiger partial charge in [0, 0.05) is 12.4 Å². The minimum atomic E-state index is -4.57. The number of hydrogen-bond donors (Lipinski definition) is 0. The van der Waals surface area contributed by atoms with Crippen LogP contribution in [0.3, 0.4) is 0 Å². The van der Waals surface area contributed by atoms with Crippen molar-refractivity contribution in [3.63, 3.8) is 0 Å². The first-order valence-corrected chi connectivity index (χ1v) is 7.50. The molecule has 7 nitrogen and oxygen atoms in total. The first kappa shape index (κ1) is 18.3. The maximum Gasteiger partial charge on any atom is 0.419 e. The van der Waals surface area contributed by atoms with Crippen LogP contribution in [0.1, 0.15) is 11.1 Å². The number of benzene rings is 1. The minimum Gasteiger partial charge on any atom is -0.420 e. The lowest BCUT2D eigenvalue weighted by Gasteiger charge is -2.12. The number of nitriles is 1. The molecule has 2 heterocycles. The third kappa shape index (κ3) is 4.39. The molecule has 1 aromatic carbocycles. The van der Waals surface area contributed by atoms with Crippen molar-refractivity contribution < 1.29 is 22.6 Å². The molecule has 0 saturated carbocycles. The van der Waals surface area contributed by atoms with Crippen LogP contribution in [0.25, 0.3) is 0 Å². The largest absolute Gasteiger partial charge is 0.420 e. The zero-order valence-corrected chi connectivity index (χ0v) is 13.9. The Balaban J connectivity index is 1.91. The maximum atomic E-state index is 12.6. The van der Waals surface area contributed by atoms with E-state index in [9.17, 15) is 18.4 Å². The van der Waals surface area contributed by atoms with Gasteiger partial charge >= 0.3 is 18.2 Å². The Kier molecular flexibility index (Phi) is 5.05. The number of rotatable bonds is 4. The van der Waals surface area contributed by atoms with Crippen molar-refractivity contribution >= 4 is 11.6 Å². The van der Waals surface area contributed by atoms with Gasteiger partial charge in [-0.15, -0.1) is 0 Å². The van der Waals surface area contributed by atoms with Crippen LogP contribution >= 0.6 is 11.6 Å². The zero-order chi connectivity index (χ0) is 19.4. The molecule has 27 heavy (non-hydrogen) atoms. The van der Waals surface area contributed by atoms with Crippen molar-refractivity contribution in [2.24, 2.45) is 0 Å². The molecule has 2 aromatic heterocycles. The topological polar surface area (TPSA) is 93.8 Å². The van der Waals surface area contributed by atoms with E-state index in [0.29, 0.717) is 12.4 Å². The van der Waals surface area contributed by atoms with Gasteiger partial charge in [-0.1, -0.05) is 17.7 Å². The quantitative estimate of drug-likeness (QED) is 0.648. The van der Waals surface area contributed by atoms with E-state index in [0.717, 1.165) is 0 Å². The fourth-order valence-corrected chi connectivity index (χ4v) is 1.95. The van der Waals surface area contributed by atoms with E-state index in [1.54, 1.807) is 0 Å². The van der Waals surface area contributed by atoms with E-state index < -0.39 is 11.7 Å². The molecule has 0 aliphatic heterocycles. The van der Waals surface area contributed by atoms with Gasteiger partial charge in [0.1, 0.15) is 6.07 Å².